The molecule has 0 radical (unpaired) electrons. The monoisotopic (exact) mass is 340 g/mol. The molecule has 4 nitrogen and oxygen atoms in total. The average molecular weight is 340 g/mol. The second-order valence-electron chi connectivity index (χ2n) is 6.20. The molecule has 2 aromatic carbocycles. The molecule has 124 valence electrons. The number of carbonyl (C=O) groups excluding carboxylic acids is 2. The molecule has 2 N–H and O–H groups in total. The summed E-state index contributed by atoms with van der Waals surface area (Å²) < 4.78 is 0. The van der Waals surface area contributed by atoms with Crippen molar-refractivity contribution in [2.24, 2.45) is 5.92 Å². The molecule has 3 rings (SSSR count). The number of hydrogen-bond acceptors (Lipinski definition) is 3. The van der Waals surface area contributed by atoms with Crippen LogP contribution in [0.25, 0.3) is 0 Å². The Hall–Kier alpha value is -2.27. The van der Waals surface area contributed by atoms with E-state index in [-0.39, 0.29) is 11.8 Å². The van der Waals surface area contributed by atoms with Gasteiger partial charge in [0.1, 0.15) is 0 Å². The van der Waals surface area contributed by atoms with Crippen molar-refractivity contribution in [2.75, 3.05) is 11.9 Å². The minimum atomic E-state index is -0.144. The molecule has 0 fully saturated rings. The number of fused-ring (bicyclic) bond motifs is 2. The van der Waals surface area contributed by atoms with E-state index in [0.29, 0.717) is 29.3 Å². The van der Waals surface area contributed by atoms with Crippen LogP contribution in [0.15, 0.2) is 52.3 Å². The van der Waals surface area contributed by atoms with Crippen molar-refractivity contribution in [1.82, 2.24) is 5.32 Å². The molecule has 1 aliphatic rings. The van der Waals surface area contributed by atoms with E-state index in [1.54, 1.807) is 12.1 Å². The van der Waals surface area contributed by atoms with Crippen LogP contribution in [-0.2, 0) is 0 Å². The zero-order valence-electron chi connectivity index (χ0n) is 13.8. The quantitative estimate of drug-likeness (QED) is 0.878. The fourth-order valence-corrected chi connectivity index (χ4v) is 3.50. The van der Waals surface area contributed by atoms with E-state index in [1.165, 1.54) is 11.8 Å². The molecule has 0 unspecified atom stereocenters. The third-order valence-corrected chi connectivity index (χ3v) is 5.00. The van der Waals surface area contributed by atoms with Crippen LogP contribution in [0.3, 0.4) is 0 Å². The van der Waals surface area contributed by atoms with E-state index < -0.39 is 0 Å². The molecule has 1 heterocycles. The molecule has 0 saturated carbocycles. The van der Waals surface area contributed by atoms with Gasteiger partial charge >= 0.3 is 0 Å². The lowest BCUT2D eigenvalue weighted by molar-refractivity contribution is 0.0950. The van der Waals surface area contributed by atoms with Crippen LogP contribution >= 0.6 is 11.8 Å². The number of nitrogens with one attached hydrogen (secondary N) is 2. The summed E-state index contributed by atoms with van der Waals surface area (Å²) in [4.78, 5) is 26.5. The van der Waals surface area contributed by atoms with Gasteiger partial charge in [-0.15, -0.1) is 0 Å². The molecule has 0 saturated heterocycles. The highest BCUT2D eigenvalue weighted by Gasteiger charge is 2.20. The van der Waals surface area contributed by atoms with Crippen molar-refractivity contribution in [3.63, 3.8) is 0 Å². The van der Waals surface area contributed by atoms with Crippen molar-refractivity contribution in [3.05, 3.63) is 53.6 Å². The summed E-state index contributed by atoms with van der Waals surface area (Å²) in [6.07, 6.45) is 0.943. The second-order valence-corrected chi connectivity index (χ2v) is 7.29. The van der Waals surface area contributed by atoms with E-state index in [1.807, 2.05) is 30.3 Å². The third-order valence-electron chi connectivity index (χ3n) is 3.85. The van der Waals surface area contributed by atoms with Crippen LogP contribution in [-0.4, -0.2) is 18.4 Å². The average Bonchev–Trinajstić information content (AvgIpc) is 2.69. The zero-order valence-corrected chi connectivity index (χ0v) is 14.6. The van der Waals surface area contributed by atoms with Crippen molar-refractivity contribution >= 4 is 29.3 Å². The van der Waals surface area contributed by atoms with Crippen LogP contribution < -0.4 is 10.6 Å². The Kier molecular flexibility index (Phi) is 4.90. The first-order valence-electron chi connectivity index (χ1n) is 8.05. The maximum Gasteiger partial charge on any atom is 0.256 e. The highest BCUT2D eigenvalue weighted by molar-refractivity contribution is 7.99. The van der Waals surface area contributed by atoms with Gasteiger partial charge in [-0.05, 0) is 42.7 Å². The number of amides is 2. The first-order valence-corrected chi connectivity index (χ1v) is 8.86. The Morgan fingerprint density at radius 2 is 1.96 bits per heavy atom. The molecule has 24 heavy (non-hydrogen) atoms. The Bertz CT molecular complexity index is 787. The highest BCUT2D eigenvalue weighted by Crippen LogP contribution is 2.38. The Morgan fingerprint density at radius 1 is 1.17 bits per heavy atom. The molecule has 0 atom stereocenters. The molecule has 0 aliphatic carbocycles. The second kappa shape index (κ2) is 7.09. The molecular formula is C19H20N2O2S. The summed E-state index contributed by atoms with van der Waals surface area (Å²) in [7, 11) is 0. The number of rotatable bonds is 4. The Balaban J connectivity index is 1.81. The van der Waals surface area contributed by atoms with Gasteiger partial charge in [-0.3, -0.25) is 9.59 Å². The van der Waals surface area contributed by atoms with E-state index >= 15 is 0 Å². The van der Waals surface area contributed by atoms with Crippen LogP contribution in [0.4, 0.5) is 5.69 Å². The summed E-state index contributed by atoms with van der Waals surface area (Å²) in [5.41, 5.74) is 1.89. The summed E-state index contributed by atoms with van der Waals surface area (Å²) in [5.74, 6) is 0.292. The maximum absolute atomic E-state index is 12.4. The van der Waals surface area contributed by atoms with Gasteiger partial charge in [-0.25, -0.2) is 0 Å². The minimum absolute atomic E-state index is 0.112. The van der Waals surface area contributed by atoms with Gasteiger partial charge in [0.2, 0.25) is 0 Å². The number of anilines is 1. The van der Waals surface area contributed by atoms with E-state index in [0.717, 1.165) is 16.2 Å². The Morgan fingerprint density at radius 3 is 2.75 bits per heavy atom. The third kappa shape index (κ3) is 3.62. The molecule has 2 amide bonds. The summed E-state index contributed by atoms with van der Waals surface area (Å²) in [6.45, 7) is 4.90. The first kappa shape index (κ1) is 16.6. The lowest BCUT2D eigenvalue weighted by Crippen LogP contribution is -2.25. The summed E-state index contributed by atoms with van der Waals surface area (Å²) >= 11 is 1.53. The highest BCUT2D eigenvalue weighted by atomic mass is 32.2. The summed E-state index contributed by atoms with van der Waals surface area (Å²) in [5, 5.41) is 5.83. The molecular weight excluding hydrogens is 320 g/mol. The van der Waals surface area contributed by atoms with Gasteiger partial charge in [-0.2, -0.15) is 0 Å². The van der Waals surface area contributed by atoms with Crippen LogP contribution in [0, 0.1) is 5.92 Å². The predicted octanol–water partition coefficient (Wildman–Crippen LogP) is 4.18. The smallest absolute Gasteiger partial charge is 0.256 e. The van der Waals surface area contributed by atoms with Crippen molar-refractivity contribution in [3.8, 4) is 0 Å². The van der Waals surface area contributed by atoms with Crippen molar-refractivity contribution < 1.29 is 9.59 Å². The van der Waals surface area contributed by atoms with Gasteiger partial charge in [0, 0.05) is 21.9 Å². The SMILES string of the molecule is CC(C)CCNC(=O)c1ccc2c(c1)NC(=O)c1ccccc1S2. The standard InChI is InChI=1S/C19H20N2O2S/c1-12(2)9-10-20-18(22)13-7-8-17-15(11-13)21-19(23)14-5-3-4-6-16(14)24-17/h3-8,11-12H,9-10H2,1-2H3,(H,20,22)(H,21,23). The minimum Gasteiger partial charge on any atom is -0.352 e. The van der Waals surface area contributed by atoms with Gasteiger partial charge in [0.05, 0.1) is 11.3 Å². The normalized spacial score (nSPS) is 12.9. The molecule has 0 aromatic heterocycles. The van der Waals surface area contributed by atoms with E-state index in [2.05, 4.69) is 24.5 Å². The summed E-state index contributed by atoms with van der Waals surface area (Å²) in [6, 6.07) is 12.9. The largest absolute Gasteiger partial charge is 0.352 e. The number of benzene rings is 2. The Labute approximate surface area is 146 Å². The molecule has 2 aromatic rings. The number of hydrogen-bond donors (Lipinski definition) is 2. The molecule has 0 bridgehead atoms. The van der Waals surface area contributed by atoms with Crippen molar-refractivity contribution in [1.29, 1.82) is 0 Å². The topological polar surface area (TPSA) is 58.2 Å². The van der Waals surface area contributed by atoms with Gasteiger partial charge < -0.3 is 10.6 Å². The predicted molar refractivity (Wildman–Crippen MR) is 96.7 cm³/mol. The first-order chi connectivity index (χ1) is 11.5. The molecule has 5 heteroatoms. The lowest BCUT2D eigenvalue weighted by Gasteiger charge is -2.10. The van der Waals surface area contributed by atoms with E-state index in [4.69, 9.17) is 0 Å². The number of carbonyl (C=O) groups is 2. The fourth-order valence-electron chi connectivity index (χ4n) is 2.49. The fraction of sp³-hybridized carbons (Fsp3) is 0.263. The van der Waals surface area contributed by atoms with Gasteiger partial charge in [-0.1, -0.05) is 37.7 Å². The van der Waals surface area contributed by atoms with Gasteiger partial charge in [0.25, 0.3) is 11.8 Å². The molecule has 0 spiro atoms. The lowest BCUT2D eigenvalue weighted by atomic mass is 10.1. The zero-order chi connectivity index (χ0) is 17.1. The van der Waals surface area contributed by atoms with Crippen LogP contribution in [0.5, 0.6) is 0 Å². The van der Waals surface area contributed by atoms with E-state index in [9.17, 15) is 9.59 Å². The molecule has 1 aliphatic heterocycles. The van der Waals surface area contributed by atoms with Crippen LogP contribution in [0.2, 0.25) is 0 Å². The van der Waals surface area contributed by atoms with Crippen molar-refractivity contribution in [2.45, 2.75) is 30.1 Å². The maximum atomic E-state index is 12.4. The van der Waals surface area contributed by atoms with Crippen LogP contribution in [0.1, 0.15) is 41.0 Å². The van der Waals surface area contributed by atoms with Gasteiger partial charge in [0.15, 0.2) is 0 Å².